The molecule has 16 heavy (non-hydrogen) atoms. The molecule has 0 nitrogen and oxygen atoms in total. The van der Waals surface area contributed by atoms with E-state index in [1.165, 1.54) is 6.42 Å². The Bertz CT molecular complexity index is 260. The molecule has 2 aliphatic carbocycles. The first-order valence-electron chi connectivity index (χ1n) is 6.59. The van der Waals surface area contributed by atoms with Crippen LogP contribution in [0.15, 0.2) is 0 Å². The van der Waals surface area contributed by atoms with Crippen LogP contribution in [0.5, 0.6) is 0 Å². The van der Waals surface area contributed by atoms with Crippen molar-refractivity contribution in [3.63, 3.8) is 0 Å². The quantitative estimate of drug-likeness (QED) is 0.654. The number of hydrogen-bond acceptors (Lipinski definition) is 0. The molecular formula is C14H24F2. The summed E-state index contributed by atoms with van der Waals surface area (Å²) in [5.41, 5.74) is 0.121. The second-order valence-corrected chi connectivity index (χ2v) is 7.06. The molecule has 0 spiro atoms. The standard InChI is InChI=1S/C14H24F2/c1-9(2)12-5-10(12)6-13(3,4)11-7-14(15,16)8-11/h9-12H,5-8H2,1-4H3. The van der Waals surface area contributed by atoms with Gasteiger partial charge in [-0.25, -0.2) is 8.78 Å². The van der Waals surface area contributed by atoms with Gasteiger partial charge in [0.05, 0.1) is 0 Å². The van der Waals surface area contributed by atoms with Gasteiger partial charge in [-0.05, 0) is 41.9 Å². The fourth-order valence-electron chi connectivity index (χ4n) is 3.38. The van der Waals surface area contributed by atoms with Gasteiger partial charge >= 0.3 is 0 Å². The van der Waals surface area contributed by atoms with E-state index in [1.54, 1.807) is 0 Å². The first-order chi connectivity index (χ1) is 7.21. The molecule has 2 fully saturated rings. The second-order valence-electron chi connectivity index (χ2n) is 7.06. The van der Waals surface area contributed by atoms with E-state index < -0.39 is 5.92 Å². The first kappa shape index (κ1) is 12.3. The molecule has 0 aromatic carbocycles. The number of halogens is 2. The maximum atomic E-state index is 12.9. The molecule has 94 valence electrons. The molecule has 2 rings (SSSR count). The van der Waals surface area contributed by atoms with Gasteiger partial charge in [-0.15, -0.1) is 0 Å². The summed E-state index contributed by atoms with van der Waals surface area (Å²) in [6.07, 6.45) is 2.72. The molecule has 2 aliphatic rings. The average Bonchev–Trinajstić information content (AvgIpc) is 2.78. The Labute approximate surface area is 97.8 Å². The van der Waals surface area contributed by atoms with Gasteiger partial charge in [-0.2, -0.15) is 0 Å². The minimum absolute atomic E-state index is 0.121. The highest BCUT2D eigenvalue weighted by molar-refractivity contribution is 4.98. The van der Waals surface area contributed by atoms with Gasteiger partial charge in [0.1, 0.15) is 0 Å². The Kier molecular flexibility index (Phi) is 2.83. The van der Waals surface area contributed by atoms with Crippen molar-refractivity contribution in [3.05, 3.63) is 0 Å². The summed E-state index contributed by atoms with van der Waals surface area (Å²) in [4.78, 5) is 0. The van der Waals surface area contributed by atoms with Gasteiger partial charge in [0, 0.05) is 12.8 Å². The van der Waals surface area contributed by atoms with Crippen LogP contribution in [0, 0.1) is 29.1 Å². The van der Waals surface area contributed by atoms with E-state index in [9.17, 15) is 8.78 Å². The van der Waals surface area contributed by atoms with Crippen LogP contribution in [-0.4, -0.2) is 5.92 Å². The van der Waals surface area contributed by atoms with Crippen molar-refractivity contribution in [2.75, 3.05) is 0 Å². The molecule has 0 aromatic rings. The van der Waals surface area contributed by atoms with E-state index >= 15 is 0 Å². The van der Waals surface area contributed by atoms with Crippen LogP contribution in [0.25, 0.3) is 0 Å². The third-order valence-electron chi connectivity index (χ3n) is 4.82. The lowest BCUT2D eigenvalue weighted by Crippen LogP contribution is -2.43. The van der Waals surface area contributed by atoms with Crippen molar-refractivity contribution >= 4 is 0 Å². The normalized spacial score (nSPS) is 33.9. The van der Waals surface area contributed by atoms with Crippen LogP contribution in [0.4, 0.5) is 8.78 Å². The smallest absolute Gasteiger partial charge is 0.207 e. The molecule has 0 N–H and O–H groups in total. The predicted octanol–water partition coefficient (Wildman–Crippen LogP) is 4.74. The molecular weight excluding hydrogens is 206 g/mol. The van der Waals surface area contributed by atoms with Crippen LogP contribution in [0.1, 0.15) is 53.4 Å². The third-order valence-corrected chi connectivity index (χ3v) is 4.82. The summed E-state index contributed by atoms with van der Waals surface area (Å²) in [6.45, 7) is 8.91. The van der Waals surface area contributed by atoms with E-state index in [-0.39, 0.29) is 24.2 Å². The van der Waals surface area contributed by atoms with Gasteiger partial charge in [0.2, 0.25) is 5.92 Å². The summed E-state index contributed by atoms with van der Waals surface area (Å²) in [7, 11) is 0. The average molecular weight is 230 g/mol. The molecule has 0 saturated heterocycles. The molecule has 0 heterocycles. The summed E-state index contributed by atoms with van der Waals surface area (Å²) in [6, 6.07) is 0. The van der Waals surface area contributed by atoms with Crippen LogP contribution < -0.4 is 0 Å². The van der Waals surface area contributed by atoms with E-state index in [0.29, 0.717) is 0 Å². The molecule has 0 aromatic heterocycles. The second kappa shape index (κ2) is 3.68. The van der Waals surface area contributed by atoms with Crippen LogP contribution in [-0.2, 0) is 0 Å². The van der Waals surface area contributed by atoms with Gasteiger partial charge in [-0.3, -0.25) is 0 Å². The lowest BCUT2D eigenvalue weighted by molar-refractivity contribution is -0.144. The predicted molar refractivity (Wildman–Crippen MR) is 62.5 cm³/mol. The lowest BCUT2D eigenvalue weighted by Gasteiger charge is -2.45. The van der Waals surface area contributed by atoms with Crippen molar-refractivity contribution in [1.82, 2.24) is 0 Å². The Morgan fingerprint density at radius 2 is 1.81 bits per heavy atom. The number of rotatable bonds is 4. The highest BCUT2D eigenvalue weighted by Gasteiger charge is 2.53. The molecule has 2 saturated carbocycles. The molecule has 0 radical (unpaired) electrons. The Morgan fingerprint density at radius 1 is 1.25 bits per heavy atom. The summed E-state index contributed by atoms with van der Waals surface area (Å²) in [5.74, 6) is 0.326. The fourth-order valence-corrected chi connectivity index (χ4v) is 3.38. The van der Waals surface area contributed by atoms with E-state index in [0.717, 1.165) is 24.2 Å². The zero-order valence-corrected chi connectivity index (χ0v) is 10.9. The maximum absolute atomic E-state index is 12.9. The molecule has 0 aliphatic heterocycles. The van der Waals surface area contributed by atoms with Gasteiger partial charge in [-0.1, -0.05) is 27.7 Å². The Morgan fingerprint density at radius 3 is 2.19 bits per heavy atom. The highest BCUT2D eigenvalue weighted by Crippen LogP contribution is 2.57. The van der Waals surface area contributed by atoms with E-state index in [2.05, 4.69) is 27.7 Å². The number of alkyl halides is 2. The zero-order chi connectivity index (χ0) is 12.1. The summed E-state index contributed by atoms with van der Waals surface area (Å²) >= 11 is 0. The zero-order valence-electron chi connectivity index (χ0n) is 10.9. The van der Waals surface area contributed by atoms with E-state index in [4.69, 9.17) is 0 Å². The summed E-state index contributed by atoms with van der Waals surface area (Å²) < 4.78 is 25.8. The van der Waals surface area contributed by atoms with Crippen molar-refractivity contribution < 1.29 is 8.78 Å². The molecule has 0 bridgehead atoms. The summed E-state index contributed by atoms with van der Waals surface area (Å²) in [5, 5.41) is 0. The lowest BCUT2D eigenvalue weighted by atomic mass is 9.63. The first-order valence-corrected chi connectivity index (χ1v) is 6.59. The number of hydrogen-bond donors (Lipinski definition) is 0. The Hall–Kier alpha value is -0.140. The van der Waals surface area contributed by atoms with Crippen LogP contribution in [0.2, 0.25) is 0 Å². The molecule has 2 unspecified atom stereocenters. The van der Waals surface area contributed by atoms with Crippen molar-refractivity contribution in [2.45, 2.75) is 59.3 Å². The van der Waals surface area contributed by atoms with Crippen molar-refractivity contribution in [3.8, 4) is 0 Å². The highest BCUT2D eigenvalue weighted by atomic mass is 19.3. The SMILES string of the molecule is CC(C)C1CC1CC(C)(C)C1CC(F)(F)C1. The minimum atomic E-state index is -2.36. The third kappa shape index (κ3) is 2.41. The Balaban J connectivity index is 1.81. The van der Waals surface area contributed by atoms with E-state index in [1.807, 2.05) is 0 Å². The fraction of sp³-hybridized carbons (Fsp3) is 1.00. The van der Waals surface area contributed by atoms with Crippen LogP contribution >= 0.6 is 0 Å². The van der Waals surface area contributed by atoms with Gasteiger partial charge in [0.15, 0.2) is 0 Å². The van der Waals surface area contributed by atoms with Crippen molar-refractivity contribution in [1.29, 1.82) is 0 Å². The monoisotopic (exact) mass is 230 g/mol. The maximum Gasteiger partial charge on any atom is 0.248 e. The van der Waals surface area contributed by atoms with Gasteiger partial charge in [0.25, 0.3) is 0 Å². The molecule has 0 amide bonds. The molecule has 2 atom stereocenters. The van der Waals surface area contributed by atoms with Gasteiger partial charge < -0.3 is 0 Å². The topological polar surface area (TPSA) is 0 Å². The van der Waals surface area contributed by atoms with Crippen LogP contribution in [0.3, 0.4) is 0 Å². The minimum Gasteiger partial charge on any atom is -0.207 e. The molecule has 2 heteroatoms. The largest absolute Gasteiger partial charge is 0.248 e. The van der Waals surface area contributed by atoms with Crippen molar-refractivity contribution in [2.24, 2.45) is 29.1 Å².